The maximum absolute atomic E-state index is 12.5. The Morgan fingerprint density at radius 3 is 2.23 bits per heavy atom. The Kier molecular flexibility index (Phi) is 7.34. The molecule has 12 heteroatoms. The summed E-state index contributed by atoms with van der Waals surface area (Å²) in [5.74, 6) is -6.85. The van der Waals surface area contributed by atoms with Crippen molar-refractivity contribution in [2.45, 2.75) is 31.3 Å². The van der Waals surface area contributed by atoms with Crippen molar-refractivity contribution in [3.8, 4) is 0 Å². The lowest BCUT2D eigenvalue weighted by Gasteiger charge is -2.20. The van der Waals surface area contributed by atoms with E-state index in [2.05, 4.69) is 5.32 Å². The molecule has 0 spiro atoms. The summed E-state index contributed by atoms with van der Waals surface area (Å²) in [5.41, 5.74) is 10.6. The number of carboxylic acids is 2. The summed E-state index contributed by atoms with van der Waals surface area (Å²) in [6, 6.07) is -2.85. The Labute approximate surface area is 147 Å². The van der Waals surface area contributed by atoms with E-state index in [9.17, 15) is 28.8 Å². The standard InChI is InChI=1S/C14H20N4O8/c15-4-9(19)17-8(3-12(23)24)13(25)6-1-10(20)18(5-6)14(26)7(16)2-11(21)22/h6-8H,1-5,15-16H2,(H,17,19)(H,21,22)(H,23,24)/t6?,7-,8-/m0/s1. The summed E-state index contributed by atoms with van der Waals surface area (Å²) < 4.78 is 0. The normalized spacial score (nSPS) is 18.9. The second-order valence-corrected chi connectivity index (χ2v) is 5.77. The van der Waals surface area contributed by atoms with Gasteiger partial charge in [-0.05, 0) is 0 Å². The number of Topliss-reactive ketones (excluding diaryl/α,β-unsaturated/α-hetero) is 1. The number of carbonyl (C=O) groups excluding carboxylic acids is 4. The molecule has 0 bridgehead atoms. The maximum Gasteiger partial charge on any atom is 0.305 e. The molecule has 1 fully saturated rings. The Morgan fingerprint density at radius 1 is 1.15 bits per heavy atom. The van der Waals surface area contributed by atoms with Crippen molar-refractivity contribution in [1.82, 2.24) is 10.2 Å². The van der Waals surface area contributed by atoms with E-state index in [1.54, 1.807) is 0 Å². The lowest BCUT2D eigenvalue weighted by Crippen LogP contribution is -2.48. The Bertz CT molecular complexity index is 634. The van der Waals surface area contributed by atoms with Crippen LogP contribution in [-0.2, 0) is 28.8 Å². The van der Waals surface area contributed by atoms with Gasteiger partial charge in [-0.1, -0.05) is 0 Å². The van der Waals surface area contributed by atoms with Gasteiger partial charge in [-0.2, -0.15) is 0 Å². The zero-order valence-electron chi connectivity index (χ0n) is 13.7. The van der Waals surface area contributed by atoms with Crippen LogP contribution >= 0.6 is 0 Å². The number of aliphatic carboxylic acids is 2. The molecular formula is C14H20N4O8. The van der Waals surface area contributed by atoms with Gasteiger partial charge in [-0.15, -0.1) is 0 Å². The summed E-state index contributed by atoms with van der Waals surface area (Å²) in [6.45, 7) is -0.819. The van der Waals surface area contributed by atoms with E-state index in [-0.39, 0.29) is 13.0 Å². The smallest absolute Gasteiger partial charge is 0.305 e. The third-order valence-electron chi connectivity index (χ3n) is 3.75. The van der Waals surface area contributed by atoms with E-state index in [4.69, 9.17) is 21.7 Å². The molecule has 1 aliphatic rings. The van der Waals surface area contributed by atoms with Crippen molar-refractivity contribution in [2.75, 3.05) is 13.1 Å². The summed E-state index contributed by atoms with van der Waals surface area (Å²) in [4.78, 5) is 70.0. The number of nitrogens with one attached hydrogen (secondary N) is 1. The molecule has 1 saturated heterocycles. The SMILES string of the molecule is NCC(=O)N[C@@H](CC(=O)O)C(=O)C1CC(=O)N(C(=O)[C@@H](N)CC(=O)O)C1. The van der Waals surface area contributed by atoms with Crippen molar-refractivity contribution in [3.05, 3.63) is 0 Å². The van der Waals surface area contributed by atoms with Crippen LogP contribution in [0.25, 0.3) is 0 Å². The fourth-order valence-corrected chi connectivity index (χ4v) is 2.52. The van der Waals surface area contributed by atoms with Crippen molar-refractivity contribution < 1.29 is 39.0 Å². The average molecular weight is 372 g/mol. The van der Waals surface area contributed by atoms with E-state index in [0.717, 1.165) is 0 Å². The molecule has 0 radical (unpaired) electrons. The molecule has 7 N–H and O–H groups in total. The van der Waals surface area contributed by atoms with Gasteiger partial charge in [0.25, 0.3) is 0 Å². The minimum Gasteiger partial charge on any atom is -0.481 e. The number of hydrogen-bond donors (Lipinski definition) is 5. The van der Waals surface area contributed by atoms with Gasteiger partial charge in [-0.25, -0.2) is 0 Å². The van der Waals surface area contributed by atoms with Crippen molar-refractivity contribution in [1.29, 1.82) is 0 Å². The summed E-state index contributed by atoms with van der Waals surface area (Å²) in [7, 11) is 0. The van der Waals surface area contributed by atoms with Crippen molar-refractivity contribution in [2.24, 2.45) is 17.4 Å². The predicted octanol–water partition coefficient (Wildman–Crippen LogP) is -3.35. The monoisotopic (exact) mass is 372 g/mol. The number of hydrogen-bond acceptors (Lipinski definition) is 8. The lowest BCUT2D eigenvalue weighted by molar-refractivity contribution is -0.146. The maximum atomic E-state index is 12.5. The molecule has 12 nitrogen and oxygen atoms in total. The van der Waals surface area contributed by atoms with E-state index < -0.39 is 72.8 Å². The molecule has 26 heavy (non-hydrogen) atoms. The van der Waals surface area contributed by atoms with Crippen LogP contribution in [0.1, 0.15) is 19.3 Å². The lowest BCUT2D eigenvalue weighted by atomic mass is 9.95. The second kappa shape index (κ2) is 9.01. The van der Waals surface area contributed by atoms with Gasteiger partial charge in [0.1, 0.15) is 0 Å². The number of rotatable bonds is 9. The van der Waals surface area contributed by atoms with Crippen LogP contribution in [0.3, 0.4) is 0 Å². The largest absolute Gasteiger partial charge is 0.481 e. The van der Waals surface area contributed by atoms with E-state index in [1.165, 1.54) is 0 Å². The van der Waals surface area contributed by atoms with Crippen molar-refractivity contribution >= 4 is 35.4 Å². The zero-order valence-corrected chi connectivity index (χ0v) is 13.7. The number of carboxylic acid groups (broad SMARTS) is 2. The number of nitrogens with two attached hydrogens (primary N) is 2. The first-order valence-corrected chi connectivity index (χ1v) is 7.63. The number of amides is 3. The number of likely N-dealkylation sites (tertiary alicyclic amines) is 1. The second-order valence-electron chi connectivity index (χ2n) is 5.77. The molecule has 3 atom stereocenters. The Hall–Kier alpha value is -2.86. The van der Waals surface area contributed by atoms with Gasteiger partial charge >= 0.3 is 11.9 Å². The van der Waals surface area contributed by atoms with Gasteiger partial charge in [0, 0.05) is 18.9 Å². The van der Waals surface area contributed by atoms with Gasteiger partial charge in [0.2, 0.25) is 17.7 Å². The fraction of sp³-hybridized carbons (Fsp3) is 0.571. The minimum atomic E-state index is -1.45. The quantitative estimate of drug-likeness (QED) is 0.271. The first kappa shape index (κ1) is 21.2. The molecule has 0 aromatic heterocycles. The molecule has 1 unspecified atom stereocenters. The fourth-order valence-electron chi connectivity index (χ4n) is 2.52. The number of ketones is 1. The number of nitrogens with zero attached hydrogens (tertiary/aromatic N) is 1. The highest BCUT2D eigenvalue weighted by Crippen LogP contribution is 2.22. The van der Waals surface area contributed by atoms with E-state index in [0.29, 0.717) is 4.90 Å². The number of imide groups is 1. The summed E-state index contributed by atoms with van der Waals surface area (Å²) >= 11 is 0. The van der Waals surface area contributed by atoms with Gasteiger partial charge < -0.3 is 27.0 Å². The zero-order chi connectivity index (χ0) is 20.0. The first-order valence-electron chi connectivity index (χ1n) is 7.63. The molecule has 0 saturated carbocycles. The predicted molar refractivity (Wildman–Crippen MR) is 83.3 cm³/mol. The third-order valence-corrected chi connectivity index (χ3v) is 3.75. The van der Waals surface area contributed by atoms with Gasteiger partial charge in [0.15, 0.2) is 5.78 Å². The highest BCUT2D eigenvalue weighted by Gasteiger charge is 2.42. The van der Waals surface area contributed by atoms with E-state index in [1.807, 2.05) is 0 Å². The topological polar surface area (TPSA) is 210 Å². The first-order chi connectivity index (χ1) is 12.1. The molecular weight excluding hydrogens is 352 g/mol. The molecule has 1 heterocycles. The number of carbonyl (C=O) groups is 6. The van der Waals surface area contributed by atoms with Crippen LogP contribution in [-0.4, -0.2) is 75.7 Å². The third kappa shape index (κ3) is 5.60. The van der Waals surface area contributed by atoms with Crippen LogP contribution in [0.5, 0.6) is 0 Å². The molecule has 1 rings (SSSR count). The molecule has 0 aliphatic carbocycles. The van der Waals surface area contributed by atoms with Crippen LogP contribution < -0.4 is 16.8 Å². The Morgan fingerprint density at radius 2 is 1.73 bits per heavy atom. The molecule has 1 aliphatic heterocycles. The molecule has 0 aromatic rings. The van der Waals surface area contributed by atoms with Crippen LogP contribution in [0.4, 0.5) is 0 Å². The highest BCUT2D eigenvalue weighted by atomic mass is 16.4. The summed E-state index contributed by atoms with van der Waals surface area (Å²) in [5, 5.41) is 19.7. The van der Waals surface area contributed by atoms with E-state index >= 15 is 0 Å². The van der Waals surface area contributed by atoms with Gasteiger partial charge in [0.05, 0.1) is 31.5 Å². The summed E-state index contributed by atoms with van der Waals surface area (Å²) in [6.07, 6.45) is -1.77. The van der Waals surface area contributed by atoms with Gasteiger partial charge in [-0.3, -0.25) is 33.7 Å². The molecule has 3 amide bonds. The van der Waals surface area contributed by atoms with Crippen LogP contribution in [0, 0.1) is 5.92 Å². The average Bonchev–Trinajstić information content (AvgIpc) is 2.93. The molecule has 144 valence electrons. The highest BCUT2D eigenvalue weighted by molar-refractivity contribution is 6.04. The molecule has 0 aromatic carbocycles. The van der Waals surface area contributed by atoms with Crippen LogP contribution in [0.2, 0.25) is 0 Å². The van der Waals surface area contributed by atoms with Crippen molar-refractivity contribution in [3.63, 3.8) is 0 Å². The minimum absolute atomic E-state index is 0.363. The Balaban J connectivity index is 2.85. The van der Waals surface area contributed by atoms with Crippen LogP contribution in [0.15, 0.2) is 0 Å².